The van der Waals surface area contributed by atoms with Gasteiger partial charge in [0.05, 0.1) is 12.8 Å². The van der Waals surface area contributed by atoms with Gasteiger partial charge in [-0.05, 0) is 18.4 Å². The number of aromatic nitrogens is 3. The lowest BCUT2D eigenvalue weighted by Crippen LogP contribution is -2.05. The Bertz CT molecular complexity index is 549. The molecule has 0 atom stereocenters. The Morgan fingerprint density at radius 2 is 2.00 bits per heavy atom. The van der Waals surface area contributed by atoms with E-state index < -0.39 is 0 Å². The first-order chi connectivity index (χ1) is 8.72. The Morgan fingerprint density at radius 1 is 1.22 bits per heavy atom. The van der Waals surface area contributed by atoms with Gasteiger partial charge in [0, 0.05) is 4.90 Å². The fraction of sp³-hybridized carbons (Fsp3) is 0.182. The van der Waals surface area contributed by atoms with Crippen LogP contribution in [0.3, 0.4) is 0 Å². The summed E-state index contributed by atoms with van der Waals surface area (Å²) in [4.78, 5) is 13.0. The molecular formula is C11H13N5OS. The van der Waals surface area contributed by atoms with Crippen LogP contribution in [0.25, 0.3) is 0 Å². The Kier molecular flexibility index (Phi) is 3.83. The molecule has 3 N–H and O–H groups in total. The smallest absolute Gasteiger partial charge is 0.322 e. The number of methoxy groups -OCH3 is 1. The molecule has 0 radical (unpaired) electrons. The van der Waals surface area contributed by atoms with Crippen molar-refractivity contribution in [2.45, 2.75) is 4.90 Å². The molecule has 0 unspecified atom stereocenters. The lowest BCUT2D eigenvalue weighted by atomic mass is 10.3. The highest BCUT2D eigenvalue weighted by atomic mass is 32.2. The number of anilines is 3. The standard InChI is InChI=1S/C11H13N5OS/c1-17-11-15-9(12)14-10(16-11)13-7-5-3-4-6-8(7)18-2/h3-6H,1-2H3,(H3,12,13,14,15,16). The zero-order valence-corrected chi connectivity index (χ0v) is 10.9. The lowest BCUT2D eigenvalue weighted by Gasteiger charge is -2.09. The number of nitrogens with two attached hydrogens (primary N) is 1. The van der Waals surface area contributed by atoms with E-state index in [1.165, 1.54) is 7.11 Å². The Labute approximate surface area is 109 Å². The van der Waals surface area contributed by atoms with Crippen molar-refractivity contribution in [3.05, 3.63) is 24.3 Å². The average Bonchev–Trinajstić information content (AvgIpc) is 2.38. The normalized spacial score (nSPS) is 10.1. The van der Waals surface area contributed by atoms with Crippen molar-refractivity contribution < 1.29 is 4.74 Å². The molecule has 0 saturated heterocycles. The van der Waals surface area contributed by atoms with Gasteiger partial charge in [-0.25, -0.2) is 0 Å². The molecule has 0 bridgehead atoms. The fourth-order valence-electron chi connectivity index (χ4n) is 1.39. The summed E-state index contributed by atoms with van der Waals surface area (Å²) in [6.45, 7) is 0. The molecular weight excluding hydrogens is 250 g/mol. The van der Waals surface area contributed by atoms with Crippen LogP contribution in [0.2, 0.25) is 0 Å². The van der Waals surface area contributed by atoms with Crippen molar-refractivity contribution in [2.24, 2.45) is 0 Å². The molecule has 0 aliphatic heterocycles. The molecule has 7 heteroatoms. The van der Waals surface area contributed by atoms with Crippen molar-refractivity contribution >= 4 is 29.3 Å². The van der Waals surface area contributed by atoms with Gasteiger partial charge in [-0.15, -0.1) is 11.8 Å². The summed E-state index contributed by atoms with van der Waals surface area (Å²) in [5, 5.41) is 3.10. The predicted molar refractivity (Wildman–Crippen MR) is 72.3 cm³/mol. The quantitative estimate of drug-likeness (QED) is 0.815. The topological polar surface area (TPSA) is 86.0 Å². The van der Waals surface area contributed by atoms with Crippen LogP contribution < -0.4 is 15.8 Å². The zero-order valence-electron chi connectivity index (χ0n) is 10.0. The summed E-state index contributed by atoms with van der Waals surface area (Å²) in [5.41, 5.74) is 6.49. The number of nitrogens with zero attached hydrogens (tertiary/aromatic N) is 3. The fourth-order valence-corrected chi connectivity index (χ4v) is 1.94. The highest BCUT2D eigenvalue weighted by Gasteiger charge is 2.06. The first-order valence-corrected chi connectivity index (χ1v) is 6.41. The number of nitrogen functional groups attached to an aromatic ring is 1. The second kappa shape index (κ2) is 5.54. The molecule has 94 valence electrons. The second-order valence-corrected chi connectivity index (χ2v) is 4.18. The molecule has 1 heterocycles. The third-order valence-corrected chi connectivity index (χ3v) is 2.96. The van der Waals surface area contributed by atoms with Crippen molar-refractivity contribution in [1.29, 1.82) is 0 Å². The van der Waals surface area contributed by atoms with Gasteiger partial charge in [0.15, 0.2) is 0 Å². The van der Waals surface area contributed by atoms with Crippen molar-refractivity contribution in [3.8, 4) is 6.01 Å². The second-order valence-electron chi connectivity index (χ2n) is 3.33. The van der Waals surface area contributed by atoms with Crippen LogP contribution in [-0.4, -0.2) is 28.3 Å². The molecule has 2 rings (SSSR count). The van der Waals surface area contributed by atoms with Gasteiger partial charge < -0.3 is 15.8 Å². The lowest BCUT2D eigenvalue weighted by molar-refractivity contribution is 0.380. The van der Waals surface area contributed by atoms with Crippen molar-refractivity contribution in [3.63, 3.8) is 0 Å². The maximum Gasteiger partial charge on any atom is 0.322 e. The maximum atomic E-state index is 5.57. The summed E-state index contributed by atoms with van der Waals surface area (Å²) in [5.74, 6) is 0.479. The van der Waals surface area contributed by atoms with E-state index in [1.807, 2.05) is 30.5 Å². The molecule has 0 aliphatic rings. The number of para-hydroxylation sites is 1. The number of nitrogens with one attached hydrogen (secondary N) is 1. The molecule has 1 aromatic carbocycles. The number of benzene rings is 1. The molecule has 0 aliphatic carbocycles. The van der Waals surface area contributed by atoms with Gasteiger partial charge >= 0.3 is 6.01 Å². The van der Waals surface area contributed by atoms with Crippen molar-refractivity contribution in [1.82, 2.24) is 15.0 Å². The number of thioether (sulfide) groups is 1. The first-order valence-electron chi connectivity index (χ1n) is 5.18. The molecule has 18 heavy (non-hydrogen) atoms. The summed E-state index contributed by atoms with van der Waals surface area (Å²) in [6.07, 6.45) is 2.00. The number of ether oxygens (including phenoxy) is 1. The van der Waals surface area contributed by atoms with E-state index in [2.05, 4.69) is 20.3 Å². The highest BCUT2D eigenvalue weighted by molar-refractivity contribution is 7.98. The van der Waals surface area contributed by atoms with Gasteiger partial charge in [-0.1, -0.05) is 12.1 Å². The molecule has 0 spiro atoms. The molecule has 0 fully saturated rings. The summed E-state index contributed by atoms with van der Waals surface area (Å²) < 4.78 is 4.94. The van der Waals surface area contributed by atoms with Crippen LogP contribution in [0.4, 0.5) is 17.6 Å². The Hall–Kier alpha value is -2.02. The molecule has 1 aromatic heterocycles. The number of hydrogen-bond donors (Lipinski definition) is 2. The van der Waals surface area contributed by atoms with E-state index in [-0.39, 0.29) is 12.0 Å². The minimum absolute atomic E-state index is 0.117. The van der Waals surface area contributed by atoms with Gasteiger partial charge in [0.25, 0.3) is 0 Å². The van der Waals surface area contributed by atoms with E-state index in [0.717, 1.165) is 10.6 Å². The van der Waals surface area contributed by atoms with E-state index in [0.29, 0.717) is 5.95 Å². The number of rotatable bonds is 4. The van der Waals surface area contributed by atoms with Crippen LogP contribution in [0, 0.1) is 0 Å². The summed E-state index contributed by atoms with van der Waals surface area (Å²) >= 11 is 1.63. The third kappa shape index (κ3) is 2.80. The van der Waals surface area contributed by atoms with Crippen LogP contribution in [-0.2, 0) is 0 Å². The monoisotopic (exact) mass is 263 g/mol. The Balaban J connectivity index is 2.30. The minimum atomic E-state index is 0.117. The van der Waals surface area contributed by atoms with E-state index in [9.17, 15) is 0 Å². The van der Waals surface area contributed by atoms with Gasteiger partial charge in [0.2, 0.25) is 11.9 Å². The van der Waals surface area contributed by atoms with Gasteiger partial charge in [-0.3, -0.25) is 0 Å². The molecule has 2 aromatic rings. The molecule has 6 nitrogen and oxygen atoms in total. The van der Waals surface area contributed by atoms with Crippen molar-refractivity contribution in [2.75, 3.05) is 24.4 Å². The molecule has 0 saturated carbocycles. The first kappa shape index (κ1) is 12.4. The SMILES string of the molecule is COc1nc(N)nc(Nc2ccccc2SC)n1. The number of hydrogen-bond acceptors (Lipinski definition) is 7. The summed E-state index contributed by atoms with van der Waals surface area (Å²) in [6, 6.07) is 8.04. The Morgan fingerprint density at radius 3 is 2.72 bits per heavy atom. The van der Waals surface area contributed by atoms with E-state index in [1.54, 1.807) is 11.8 Å². The van der Waals surface area contributed by atoms with E-state index in [4.69, 9.17) is 10.5 Å². The van der Waals surface area contributed by atoms with Gasteiger partial charge in [0.1, 0.15) is 0 Å². The van der Waals surface area contributed by atoms with Crippen LogP contribution in [0.15, 0.2) is 29.2 Å². The summed E-state index contributed by atoms with van der Waals surface area (Å²) in [7, 11) is 1.48. The zero-order chi connectivity index (χ0) is 13.0. The van der Waals surface area contributed by atoms with Crippen LogP contribution >= 0.6 is 11.8 Å². The van der Waals surface area contributed by atoms with E-state index >= 15 is 0 Å². The van der Waals surface area contributed by atoms with Crippen LogP contribution in [0.1, 0.15) is 0 Å². The molecule has 0 amide bonds. The van der Waals surface area contributed by atoms with Gasteiger partial charge in [-0.2, -0.15) is 15.0 Å². The highest BCUT2D eigenvalue weighted by Crippen LogP contribution is 2.26. The van der Waals surface area contributed by atoms with Crippen LogP contribution in [0.5, 0.6) is 6.01 Å². The minimum Gasteiger partial charge on any atom is -0.467 e. The largest absolute Gasteiger partial charge is 0.467 e. The maximum absolute atomic E-state index is 5.57. The average molecular weight is 263 g/mol. The predicted octanol–water partition coefficient (Wildman–Crippen LogP) is 1.93. The third-order valence-electron chi connectivity index (χ3n) is 2.17.